The van der Waals surface area contributed by atoms with Gasteiger partial charge in [0.2, 0.25) is 0 Å². The molecule has 0 aliphatic heterocycles. The van der Waals surface area contributed by atoms with Gasteiger partial charge in [0.1, 0.15) is 5.82 Å². The van der Waals surface area contributed by atoms with Crippen molar-refractivity contribution in [1.82, 2.24) is 19.6 Å². The van der Waals surface area contributed by atoms with E-state index in [0.29, 0.717) is 28.5 Å². The van der Waals surface area contributed by atoms with Crippen LogP contribution in [0.25, 0.3) is 5.78 Å². The fourth-order valence-corrected chi connectivity index (χ4v) is 2.52. The Kier molecular flexibility index (Phi) is 3.51. The van der Waals surface area contributed by atoms with Gasteiger partial charge in [-0.25, -0.2) is 4.98 Å². The molecule has 0 radical (unpaired) electrons. The Hall–Kier alpha value is -2.14. The highest BCUT2D eigenvalue weighted by molar-refractivity contribution is 6.30. The summed E-state index contributed by atoms with van der Waals surface area (Å²) in [5.41, 5.74) is 2.24. The zero-order valence-electron chi connectivity index (χ0n) is 11.9. The second-order valence-electron chi connectivity index (χ2n) is 4.95. The molecule has 5 nitrogen and oxygen atoms in total. The summed E-state index contributed by atoms with van der Waals surface area (Å²) in [4.78, 5) is 21.3. The predicted octanol–water partition coefficient (Wildman–Crippen LogP) is 2.53. The lowest BCUT2D eigenvalue weighted by atomic mass is 10.1. The number of rotatable bonds is 3. The third-order valence-electron chi connectivity index (χ3n) is 3.45. The van der Waals surface area contributed by atoms with Crippen LogP contribution in [-0.4, -0.2) is 19.6 Å². The molecule has 1 aromatic carbocycles. The molecule has 0 amide bonds. The molecule has 0 atom stereocenters. The van der Waals surface area contributed by atoms with Crippen LogP contribution in [0.1, 0.15) is 29.6 Å². The van der Waals surface area contributed by atoms with Gasteiger partial charge in [0.05, 0.1) is 5.69 Å². The van der Waals surface area contributed by atoms with E-state index in [4.69, 9.17) is 11.6 Å². The molecule has 0 aliphatic carbocycles. The Balaban J connectivity index is 2.12. The summed E-state index contributed by atoms with van der Waals surface area (Å²) in [5.74, 6) is 1.17. The number of nitrogens with one attached hydrogen (secondary N) is 1. The van der Waals surface area contributed by atoms with Crippen LogP contribution in [0.5, 0.6) is 0 Å². The maximum Gasteiger partial charge on any atom is 0.277 e. The monoisotopic (exact) mass is 302 g/mol. The van der Waals surface area contributed by atoms with E-state index in [0.717, 1.165) is 17.8 Å². The Labute approximate surface area is 126 Å². The van der Waals surface area contributed by atoms with Crippen LogP contribution in [-0.2, 0) is 12.8 Å². The lowest BCUT2D eigenvalue weighted by Crippen LogP contribution is -2.22. The first-order chi connectivity index (χ1) is 10.1. The van der Waals surface area contributed by atoms with Gasteiger partial charge in [-0.1, -0.05) is 30.7 Å². The zero-order chi connectivity index (χ0) is 15.0. The molecule has 0 spiro atoms. The molecule has 0 fully saturated rings. The van der Waals surface area contributed by atoms with Crippen LogP contribution in [0, 0.1) is 6.92 Å². The minimum Gasteiger partial charge on any atom is -0.275 e. The minimum atomic E-state index is -0.107. The number of H-pyrrole nitrogens is 1. The van der Waals surface area contributed by atoms with Gasteiger partial charge in [0.15, 0.2) is 0 Å². The molecule has 0 bridgehead atoms. The highest BCUT2D eigenvalue weighted by atomic mass is 35.5. The van der Waals surface area contributed by atoms with Crippen LogP contribution in [0.4, 0.5) is 0 Å². The lowest BCUT2D eigenvalue weighted by Gasteiger charge is -2.05. The summed E-state index contributed by atoms with van der Waals surface area (Å²) in [6.45, 7) is 3.81. The van der Waals surface area contributed by atoms with E-state index >= 15 is 0 Å². The molecule has 2 aromatic heterocycles. The maximum absolute atomic E-state index is 12.6. The van der Waals surface area contributed by atoms with Gasteiger partial charge in [0, 0.05) is 23.4 Å². The number of benzene rings is 1. The summed E-state index contributed by atoms with van der Waals surface area (Å²) >= 11 is 5.99. The average molecular weight is 303 g/mol. The van der Waals surface area contributed by atoms with Gasteiger partial charge >= 0.3 is 0 Å². The van der Waals surface area contributed by atoms with Crippen molar-refractivity contribution >= 4 is 17.4 Å². The van der Waals surface area contributed by atoms with Gasteiger partial charge in [-0.05, 0) is 24.6 Å². The smallest absolute Gasteiger partial charge is 0.275 e. The Morgan fingerprint density at radius 3 is 2.86 bits per heavy atom. The van der Waals surface area contributed by atoms with Gasteiger partial charge in [-0.15, -0.1) is 0 Å². The summed E-state index contributed by atoms with van der Waals surface area (Å²) < 4.78 is 1.41. The van der Waals surface area contributed by atoms with Crippen molar-refractivity contribution in [3.63, 3.8) is 0 Å². The van der Waals surface area contributed by atoms with Gasteiger partial charge in [0.25, 0.3) is 11.3 Å². The number of hydrogen-bond acceptors (Lipinski definition) is 3. The van der Waals surface area contributed by atoms with E-state index in [2.05, 4.69) is 15.1 Å². The summed E-state index contributed by atoms with van der Waals surface area (Å²) in [7, 11) is 0. The van der Waals surface area contributed by atoms with Gasteiger partial charge < -0.3 is 0 Å². The summed E-state index contributed by atoms with van der Waals surface area (Å²) in [6.07, 6.45) is 1.23. The second-order valence-corrected chi connectivity index (χ2v) is 5.38. The van der Waals surface area contributed by atoms with Crippen molar-refractivity contribution in [3.8, 4) is 0 Å². The van der Waals surface area contributed by atoms with Crippen LogP contribution in [0.15, 0.2) is 29.1 Å². The standard InChI is InChI=1S/C15H15ClN4O/c1-3-13-18-15-17-9(2)12(14(21)20(15)19-13)8-10-5-4-6-11(16)7-10/h4-7H,3,8H2,1-2H3,(H,17,18,19). The maximum atomic E-state index is 12.6. The highest BCUT2D eigenvalue weighted by Gasteiger charge is 2.13. The quantitative estimate of drug-likeness (QED) is 0.808. The summed E-state index contributed by atoms with van der Waals surface area (Å²) in [6, 6.07) is 7.50. The minimum absolute atomic E-state index is 0.107. The van der Waals surface area contributed by atoms with Crippen molar-refractivity contribution in [1.29, 1.82) is 0 Å². The fourth-order valence-electron chi connectivity index (χ4n) is 2.31. The number of nitrogens with zero attached hydrogens (tertiary/aromatic N) is 3. The van der Waals surface area contributed by atoms with E-state index in [9.17, 15) is 4.79 Å². The molecular weight excluding hydrogens is 288 g/mol. The fraction of sp³-hybridized carbons (Fsp3) is 0.267. The average Bonchev–Trinajstić information content (AvgIpc) is 2.87. The lowest BCUT2D eigenvalue weighted by molar-refractivity contribution is 0.830. The number of hydrogen-bond donors (Lipinski definition) is 1. The Morgan fingerprint density at radius 2 is 2.14 bits per heavy atom. The Bertz CT molecular complexity index is 866. The van der Waals surface area contributed by atoms with Crippen molar-refractivity contribution in [3.05, 3.63) is 62.3 Å². The molecule has 3 rings (SSSR count). The van der Waals surface area contributed by atoms with Crippen molar-refractivity contribution in [2.24, 2.45) is 0 Å². The van der Waals surface area contributed by atoms with Gasteiger partial charge in [-0.2, -0.15) is 9.50 Å². The first kappa shape index (κ1) is 13.8. The highest BCUT2D eigenvalue weighted by Crippen LogP contribution is 2.14. The normalized spacial score (nSPS) is 11.2. The van der Waals surface area contributed by atoms with Gasteiger partial charge in [-0.3, -0.25) is 9.89 Å². The summed E-state index contributed by atoms with van der Waals surface area (Å²) in [5, 5.41) is 3.64. The zero-order valence-corrected chi connectivity index (χ0v) is 12.6. The van der Waals surface area contributed by atoms with Crippen molar-refractivity contribution in [2.45, 2.75) is 26.7 Å². The molecule has 1 N–H and O–H groups in total. The number of halogens is 1. The molecule has 0 aliphatic rings. The Morgan fingerprint density at radius 1 is 1.33 bits per heavy atom. The molecule has 0 saturated heterocycles. The van der Waals surface area contributed by atoms with Crippen molar-refractivity contribution < 1.29 is 0 Å². The van der Waals surface area contributed by atoms with E-state index in [1.807, 2.05) is 38.1 Å². The SMILES string of the molecule is CCc1nc2nc(C)c(Cc3cccc(Cl)c3)c(=O)n2[nH]1. The molecule has 2 heterocycles. The first-order valence-electron chi connectivity index (χ1n) is 6.80. The number of aromatic amines is 1. The second kappa shape index (κ2) is 5.33. The van der Waals surface area contributed by atoms with E-state index in [1.54, 1.807) is 0 Å². The van der Waals surface area contributed by atoms with Crippen LogP contribution >= 0.6 is 11.6 Å². The molecule has 6 heteroatoms. The number of aryl methyl sites for hydroxylation is 2. The molecular formula is C15H15ClN4O. The van der Waals surface area contributed by atoms with E-state index in [-0.39, 0.29) is 5.56 Å². The third kappa shape index (κ3) is 2.56. The predicted molar refractivity (Wildman–Crippen MR) is 82.0 cm³/mol. The van der Waals surface area contributed by atoms with Crippen LogP contribution in [0.3, 0.4) is 0 Å². The van der Waals surface area contributed by atoms with Crippen molar-refractivity contribution in [2.75, 3.05) is 0 Å². The van der Waals surface area contributed by atoms with E-state index < -0.39 is 0 Å². The largest absolute Gasteiger partial charge is 0.277 e. The third-order valence-corrected chi connectivity index (χ3v) is 3.68. The molecule has 108 valence electrons. The molecule has 3 aromatic rings. The topological polar surface area (TPSA) is 63.1 Å². The number of aromatic nitrogens is 4. The first-order valence-corrected chi connectivity index (χ1v) is 7.18. The number of fused-ring (bicyclic) bond motifs is 1. The van der Waals surface area contributed by atoms with Crippen LogP contribution < -0.4 is 5.56 Å². The molecule has 21 heavy (non-hydrogen) atoms. The molecule has 0 saturated carbocycles. The van der Waals surface area contributed by atoms with E-state index in [1.165, 1.54) is 4.52 Å². The van der Waals surface area contributed by atoms with Crippen LogP contribution in [0.2, 0.25) is 5.02 Å². The molecule has 0 unspecified atom stereocenters.